The van der Waals surface area contributed by atoms with E-state index < -0.39 is 11.9 Å². The SMILES string of the molecule is Cn1nc(C(F)(F)F)c(CCCO)c1Oc1ccccc1. The molecule has 1 heterocycles. The summed E-state index contributed by atoms with van der Waals surface area (Å²) in [6, 6.07) is 8.53. The number of benzene rings is 1. The fraction of sp³-hybridized carbons (Fsp3) is 0.357. The van der Waals surface area contributed by atoms with Gasteiger partial charge in [-0.3, -0.25) is 0 Å². The minimum atomic E-state index is -4.55. The van der Waals surface area contributed by atoms with Crippen LogP contribution in [0.1, 0.15) is 17.7 Å². The zero-order chi connectivity index (χ0) is 15.5. The molecule has 1 aromatic heterocycles. The molecule has 0 saturated heterocycles. The number of aliphatic hydroxyl groups excluding tert-OH is 1. The van der Waals surface area contributed by atoms with Gasteiger partial charge in [0.2, 0.25) is 5.88 Å². The van der Waals surface area contributed by atoms with E-state index in [1.165, 1.54) is 7.05 Å². The second kappa shape index (κ2) is 6.17. The van der Waals surface area contributed by atoms with Gasteiger partial charge in [0.25, 0.3) is 0 Å². The predicted octanol–water partition coefficient (Wildman–Crippen LogP) is 3.16. The van der Waals surface area contributed by atoms with Crippen LogP contribution < -0.4 is 4.74 Å². The Bertz CT molecular complexity index is 594. The zero-order valence-corrected chi connectivity index (χ0v) is 11.4. The molecule has 0 radical (unpaired) electrons. The number of hydrogen-bond acceptors (Lipinski definition) is 3. The van der Waals surface area contributed by atoms with Crippen molar-refractivity contribution in [2.45, 2.75) is 19.0 Å². The predicted molar refractivity (Wildman–Crippen MR) is 70.1 cm³/mol. The highest BCUT2D eigenvalue weighted by Gasteiger charge is 2.39. The van der Waals surface area contributed by atoms with Gasteiger partial charge >= 0.3 is 6.18 Å². The number of alkyl halides is 3. The monoisotopic (exact) mass is 300 g/mol. The van der Waals surface area contributed by atoms with Gasteiger partial charge in [0.1, 0.15) is 5.75 Å². The standard InChI is InChI=1S/C14H15F3N2O2/c1-19-13(21-10-6-3-2-4-7-10)11(8-5-9-20)12(18-19)14(15,16)17/h2-4,6-7,20H,5,8-9H2,1H3. The van der Waals surface area contributed by atoms with Gasteiger partial charge in [-0.05, 0) is 25.0 Å². The molecule has 0 fully saturated rings. The lowest BCUT2D eigenvalue weighted by atomic mass is 10.1. The summed E-state index contributed by atoms with van der Waals surface area (Å²) in [4.78, 5) is 0. The van der Waals surface area contributed by atoms with E-state index in [2.05, 4.69) is 5.10 Å². The molecule has 0 bridgehead atoms. The van der Waals surface area contributed by atoms with Crippen molar-refractivity contribution in [2.24, 2.45) is 7.05 Å². The quantitative estimate of drug-likeness (QED) is 0.922. The molecular formula is C14H15F3N2O2. The van der Waals surface area contributed by atoms with Crippen LogP contribution in [-0.2, 0) is 19.6 Å². The maximum absolute atomic E-state index is 13.0. The molecule has 0 amide bonds. The van der Waals surface area contributed by atoms with Crippen LogP contribution in [0.4, 0.5) is 13.2 Å². The lowest BCUT2D eigenvalue weighted by Gasteiger charge is -2.09. The Labute approximate surface area is 119 Å². The van der Waals surface area contributed by atoms with Gasteiger partial charge in [-0.25, -0.2) is 4.68 Å². The molecule has 114 valence electrons. The van der Waals surface area contributed by atoms with Crippen molar-refractivity contribution in [3.8, 4) is 11.6 Å². The third kappa shape index (κ3) is 3.55. The first-order chi connectivity index (χ1) is 9.93. The number of rotatable bonds is 5. The zero-order valence-electron chi connectivity index (χ0n) is 11.4. The molecular weight excluding hydrogens is 285 g/mol. The summed E-state index contributed by atoms with van der Waals surface area (Å²) in [7, 11) is 1.40. The summed E-state index contributed by atoms with van der Waals surface area (Å²) < 4.78 is 45.6. The normalized spacial score (nSPS) is 11.7. The number of aryl methyl sites for hydroxylation is 1. The van der Waals surface area contributed by atoms with E-state index in [0.29, 0.717) is 5.75 Å². The number of aromatic nitrogens is 2. The fourth-order valence-electron chi connectivity index (χ4n) is 1.99. The first-order valence-electron chi connectivity index (χ1n) is 6.40. The van der Waals surface area contributed by atoms with Crippen molar-refractivity contribution in [1.82, 2.24) is 9.78 Å². The topological polar surface area (TPSA) is 47.3 Å². The van der Waals surface area contributed by atoms with Crippen molar-refractivity contribution in [1.29, 1.82) is 0 Å². The highest BCUT2D eigenvalue weighted by Crippen LogP contribution is 2.37. The third-order valence-corrected chi connectivity index (χ3v) is 2.90. The van der Waals surface area contributed by atoms with Gasteiger partial charge in [0.15, 0.2) is 5.69 Å². The minimum Gasteiger partial charge on any atom is -0.439 e. The number of hydrogen-bond donors (Lipinski definition) is 1. The first-order valence-corrected chi connectivity index (χ1v) is 6.40. The van der Waals surface area contributed by atoms with E-state index in [1.807, 2.05) is 0 Å². The Hall–Kier alpha value is -2.02. The number of ether oxygens (including phenoxy) is 1. The average molecular weight is 300 g/mol. The van der Waals surface area contributed by atoms with Crippen molar-refractivity contribution < 1.29 is 23.0 Å². The highest BCUT2D eigenvalue weighted by molar-refractivity contribution is 5.37. The van der Waals surface area contributed by atoms with Crippen LogP contribution in [0.25, 0.3) is 0 Å². The Morgan fingerprint density at radius 2 is 1.90 bits per heavy atom. The lowest BCUT2D eigenvalue weighted by molar-refractivity contribution is -0.142. The Balaban J connectivity index is 2.41. The number of halogens is 3. The van der Waals surface area contributed by atoms with Gasteiger partial charge in [-0.2, -0.15) is 18.3 Å². The summed E-state index contributed by atoms with van der Waals surface area (Å²) in [6.45, 7) is -0.197. The molecule has 7 heteroatoms. The largest absolute Gasteiger partial charge is 0.439 e. The van der Waals surface area contributed by atoms with Crippen LogP contribution >= 0.6 is 0 Å². The van der Waals surface area contributed by atoms with E-state index >= 15 is 0 Å². The van der Waals surface area contributed by atoms with Crippen LogP contribution in [0.2, 0.25) is 0 Å². The lowest BCUT2D eigenvalue weighted by Crippen LogP contribution is -2.10. The van der Waals surface area contributed by atoms with Gasteiger partial charge in [0.05, 0.1) is 0 Å². The minimum absolute atomic E-state index is 0.0390. The van der Waals surface area contributed by atoms with Gasteiger partial charge in [0, 0.05) is 19.2 Å². The molecule has 21 heavy (non-hydrogen) atoms. The molecule has 0 atom stereocenters. The van der Waals surface area contributed by atoms with E-state index in [-0.39, 0.29) is 30.9 Å². The average Bonchev–Trinajstić information content (AvgIpc) is 2.75. The van der Waals surface area contributed by atoms with E-state index in [4.69, 9.17) is 9.84 Å². The molecule has 0 unspecified atom stereocenters. The molecule has 2 aromatic rings. The summed E-state index contributed by atoms with van der Waals surface area (Å²) in [5.74, 6) is 0.474. The molecule has 0 saturated carbocycles. The van der Waals surface area contributed by atoms with E-state index in [0.717, 1.165) is 4.68 Å². The second-order valence-corrected chi connectivity index (χ2v) is 4.50. The molecule has 0 spiro atoms. The Morgan fingerprint density at radius 1 is 1.24 bits per heavy atom. The van der Waals surface area contributed by atoms with Crippen LogP contribution in [0.3, 0.4) is 0 Å². The summed E-state index contributed by atoms with van der Waals surface area (Å²) in [5.41, 5.74) is -1.01. The maximum atomic E-state index is 13.0. The summed E-state index contributed by atoms with van der Waals surface area (Å²) in [5, 5.41) is 12.4. The molecule has 0 aliphatic carbocycles. The molecule has 1 N–H and O–H groups in total. The van der Waals surface area contributed by atoms with Crippen molar-refractivity contribution >= 4 is 0 Å². The van der Waals surface area contributed by atoms with Crippen LogP contribution in [0.15, 0.2) is 30.3 Å². The Morgan fingerprint density at radius 3 is 2.48 bits per heavy atom. The van der Waals surface area contributed by atoms with E-state index in [9.17, 15) is 13.2 Å². The van der Waals surface area contributed by atoms with Gasteiger partial charge in [-0.15, -0.1) is 0 Å². The number of para-hydroxylation sites is 1. The smallest absolute Gasteiger partial charge is 0.435 e. The Kier molecular flexibility index (Phi) is 4.52. The van der Waals surface area contributed by atoms with Crippen molar-refractivity contribution in [2.75, 3.05) is 6.61 Å². The second-order valence-electron chi connectivity index (χ2n) is 4.50. The molecule has 2 rings (SSSR count). The van der Waals surface area contributed by atoms with Crippen molar-refractivity contribution in [3.63, 3.8) is 0 Å². The summed E-state index contributed by atoms with van der Waals surface area (Å²) in [6.07, 6.45) is -4.30. The molecule has 0 aliphatic heterocycles. The van der Waals surface area contributed by atoms with Crippen molar-refractivity contribution in [3.05, 3.63) is 41.6 Å². The summed E-state index contributed by atoms with van der Waals surface area (Å²) >= 11 is 0. The molecule has 1 aromatic carbocycles. The number of nitrogens with zero attached hydrogens (tertiary/aromatic N) is 2. The van der Waals surface area contributed by atoms with Crippen LogP contribution in [-0.4, -0.2) is 21.5 Å². The van der Waals surface area contributed by atoms with E-state index in [1.54, 1.807) is 30.3 Å². The van der Waals surface area contributed by atoms with Crippen LogP contribution in [0, 0.1) is 0 Å². The van der Waals surface area contributed by atoms with Gasteiger partial charge < -0.3 is 9.84 Å². The first kappa shape index (κ1) is 15.4. The molecule has 0 aliphatic rings. The highest BCUT2D eigenvalue weighted by atomic mass is 19.4. The number of aliphatic hydroxyl groups is 1. The van der Waals surface area contributed by atoms with Crippen LogP contribution in [0.5, 0.6) is 11.6 Å². The fourth-order valence-corrected chi connectivity index (χ4v) is 1.99. The molecule has 4 nitrogen and oxygen atoms in total. The maximum Gasteiger partial charge on any atom is 0.435 e. The third-order valence-electron chi connectivity index (χ3n) is 2.90. The van der Waals surface area contributed by atoms with Gasteiger partial charge in [-0.1, -0.05) is 18.2 Å².